The predicted octanol–water partition coefficient (Wildman–Crippen LogP) is 3.94. The Labute approximate surface area is 162 Å². The molecule has 1 aromatic heterocycles. The van der Waals surface area contributed by atoms with E-state index in [1.54, 1.807) is 24.0 Å². The Morgan fingerprint density at radius 3 is 2.96 bits per heavy atom. The number of hydrogen-bond acceptors (Lipinski definition) is 4. The van der Waals surface area contributed by atoms with E-state index < -0.39 is 0 Å². The van der Waals surface area contributed by atoms with E-state index in [0.29, 0.717) is 12.4 Å². The minimum atomic E-state index is -0.170. The number of carbonyl (C=O) groups is 2. The molecular formula is C18H26BrN3O2S. The largest absolute Gasteiger partial charge is 0.341 e. The number of hydrogen-bond donors (Lipinski definition) is 1. The Morgan fingerprint density at radius 2 is 2.28 bits per heavy atom. The van der Waals surface area contributed by atoms with Crippen molar-refractivity contribution in [3.05, 3.63) is 22.8 Å². The number of piperidine rings is 1. The molecule has 0 spiro atoms. The van der Waals surface area contributed by atoms with Crippen molar-refractivity contribution < 1.29 is 9.59 Å². The fourth-order valence-electron chi connectivity index (χ4n) is 2.80. The van der Waals surface area contributed by atoms with Gasteiger partial charge >= 0.3 is 0 Å². The lowest BCUT2D eigenvalue weighted by atomic mass is 9.97. The lowest BCUT2D eigenvalue weighted by Gasteiger charge is -2.33. The zero-order valence-electron chi connectivity index (χ0n) is 14.8. The molecular weight excluding hydrogens is 402 g/mol. The standard InChI is InChI=1S/C18H26BrN3O2S/c1-3-4-10-25-13(2)18(24)22-9-5-6-14(12-22)17(23)21-16-8-7-15(19)11-20-16/h7-8,11,13-14H,3-6,9-10,12H2,1-2H3,(H,20,21,23). The first-order chi connectivity index (χ1) is 12.0. The number of halogens is 1. The highest BCUT2D eigenvalue weighted by Crippen LogP contribution is 2.22. The molecule has 0 aromatic carbocycles. The fourth-order valence-corrected chi connectivity index (χ4v) is 4.14. The number of rotatable bonds is 7. The van der Waals surface area contributed by atoms with E-state index in [-0.39, 0.29) is 23.0 Å². The minimum Gasteiger partial charge on any atom is -0.341 e. The second-order valence-corrected chi connectivity index (χ2v) is 8.71. The SMILES string of the molecule is CCCCSC(C)C(=O)N1CCCC(C(=O)Nc2ccc(Br)cn2)C1. The molecule has 1 N–H and O–H groups in total. The van der Waals surface area contributed by atoms with E-state index in [1.165, 1.54) is 0 Å². The van der Waals surface area contributed by atoms with Crippen LogP contribution in [-0.2, 0) is 9.59 Å². The summed E-state index contributed by atoms with van der Waals surface area (Å²) in [7, 11) is 0. The molecule has 5 nitrogen and oxygen atoms in total. The first kappa shape index (κ1) is 20.2. The number of nitrogens with zero attached hydrogens (tertiary/aromatic N) is 2. The highest BCUT2D eigenvalue weighted by molar-refractivity contribution is 9.10. The molecule has 1 saturated heterocycles. The molecule has 25 heavy (non-hydrogen) atoms. The van der Waals surface area contributed by atoms with Gasteiger partial charge in [-0.3, -0.25) is 9.59 Å². The van der Waals surface area contributed by atoms with Crippen molar-refractivity contribution in [3.63, 3.8) is 0 Å². The summed E-state index contributed by atoms with van der Waals surface area (Å²) in [5.74, 6) is 1.48. The number of likely N-dealkylation sites (tertiary alicyclic amines) is 1. The van der Waals surface area contributed by atoms with E-state index in [1.807, 2.05) is 17.9 Å². The normalized spacial score (nSPS) is 18.7. The van der Waals surface area contributed by atoms with Gasteiger partial charge in [0.25, 0.3) is 0 Å². The summed E-state index contributed by atoms with van der Waals surface area (Å²) in [4.78, 5) is 31.1. The van der Waals surface area contributed by atoms with Crippen LogP contribution in [0.5, 0.6) is 0 Å². The quantitative estimate of drug-likeness (QED) is 0.669. The summed E-state index contributed by atoms with van der Waals surface area (Å²) in [5.41, 5.74) is 0. The van der Waals surface area contributed by atoms with Gasteiger partial charge in [-0.15, -0.1) is 11.8 Å². The monoisotopic (exact) mass is 427 g/mol. The van der Waals surface area contributed by atoms with Crippen molar-refractivity contribution in [2.24, 2.45) is 5.92 Å². The maximum atomic E-state index is 12.6. The second-order valence-electron chi connectivity index (χ2n) is 6.34. The van der Waals surface area contributed by atoms with Crippen molar-refractivity contribution in [2.75, 3.05) is 24.2 Å². The summed E-state index contributed by atoms with van der Waals surface area (Å²) >= 11 is 5.04. The number of amides is 2. The van der Waals surface area contributed by atoms with Crippen molar-refractivity contribution >= 4 is 45.3 Å². The lowest BCUT2D eigenvalue weighted by molar-refractivity contribution is -0.133. The van der Waals surface area contributed by atoms with Crippen LogP contribution in [0.3, 0.4) is 0 Å². The third kappa shape index (κ3) is 6.29. The van der Waals surface area contributed by atoms with Gasteiger partial charge in [0.15, 0.2) is 0 Å². The molecule has 0 aliphatic carbocycles. The minimum absolute atomic E-state index is 0.0403. The van der Waals surface area contributed by atoms with E-state index >= 15 is 0 Å². The number of thioether (sulfide) groups is 1. The van der Waals surface area contributed by atoms with Crippen molar-refractivity contribution in [1.82, 2.24) is 9.88 Å². The number of aromatic nitrogens is 1. The van der Waals surface area contributed by atoms with Crippen LogP contribution in [0.15, 0.2) is 22.8 Å². The first-order valence-electron chi connectivity index (χ1n) is 8.84. The third-order valence-electron chi connectivity index (χ3n) is 4.30. The molecule has 0 saturated carbocycles. The van der Waals surface area contributed by atoms with E-state index in [9.17, 15) is 9.59 Å². The molecule has 1 fully saturated rings. The maximum absolute atomic E-state index is 12.6. The van der Waals surface area contributed by atoms with Gasteiger partial charge in [0.1, 0.15) is 5.82 Å². The molecule has 1 aliphatic rings. The highest BCUT2D eigenvalue weighted by Gasteiger charge is 2.30. The summed E-state index contributed by atoms with van der Waals surface area (Å²) in [6.07, 6.45) is 5.60. The van der Waals surface area contributed by atoms with Crippen molar-refractivity contribution in [3.8, 4) is 0 Å². The van der Waals surface area contributed by atoms with Crippen LogP contribution >= 0.6 is 27.7 Å². The van der Waals surface area contributed by atoms with Crippen molar-refractivity contribution in [2.45, 2.75) is 44.8 Å². The van der Waals surface area contributed by atoms with Gasteiger partial charge in [0.2, 0.25) is 11.8 Å². The molecule has 0 bridgehead atoms. The maximum Gasteiger partial charge on any atom is 0.235 e. The van der Waals surface area contributed by atoms with Gasteiger partial charge < -0.3 is 10.2 Å². The summed E-state index contributed by atoms with van der Waals surface area (Å²) in [6.45, 7) is 5.37. The zero-order chi connectivity index (χ0) is 18.2. The van der Waals surface area contributed by atoms with Crippen LogP contribution in [0.2, 0.25) is 0 Å². The summed E-state index contributed by atoms with van der Waals surface area (Å²) in [5, 5.41) is 2.82. The van der Waals surface area contributed by atoms with Crippen LogP contribution in [0.1, 0.15) is 39.5 Å². The Morgan fingerprint density at radius 1 is 1.48 bits per heavy atom. The molecule has 1 aromatic rings. The van der Waals surface area contributed by atoms with Gasteiger partial charge in [-0.05, 0) is 60.0 Å². The van der Waals surface area contributed by atoms with Crippen molar-refractivity contribution in [1.29, 1.82) is 0 Å². The number of carbonyl (C=O) groups excluding carboxylic acids is 2. The number of unbranched alkanes of at least 4 members (excludes halogenated alkanes) is 1. The van der Waals surface area contributed by atoms with E-state index in [0.717, 1.165) is 42.5 Å². The Balaban J connectivity index is 1.87. The molecule has 2 rings (SSSR count). The molecule has 2 heterocycles. The Kier molecular flexibility index (Phi) is 8.22. The lowest BCUT2D eigenvalue weighted by Crippen LogP contribution is -2.46. The molecule has 0 radical (unpaired) electrons. The highest BCUT2D eigenvalue weighted by atomic mass is 79.9. The van der Waals surface area contributed by atoms with Gasteiger partial charge in [0, 0.05) is 23.8 Å². The molecule has 1 aliphatic heterocycles. The van der Waals surface area contributed by atoms with E-state index in [4.69, 9.17) is 0 Å². The summed E-state index contributed by atoms with van der Waals surface area (Å²) in [6, 6.07) is 3.61. The smallest absolute Gasteiger partial charge is 0.235 e. The molecule has 2 atom stereocenters. The van der Waals surface area contributed by atoms with Crippen LogP contribution in [-0.4, -0.2) is 45.8 Å². The van der Waals surface area contributed by atoms with Gasteiger partial charge in [-0.1, -0.05) is 13.3 Å². The van der Waals surface area contributed by atoms with Gasteiger partial charge in [0.05, 0.1) is 11.2 Å². The van der Waals surface area contributed by atoms with Crippen LogP contribution in [0.4, 0.5) is 5.82 Å². The van der Waals surface area contributed by atoms with E-state index in [2.05, 4.69) is 33.2 Å². The Bertz CT molecular complexity index is 582. The molecule has 2 amide bonds. The summed E-state index contributed by atoms with van der Waals surface area (Å²) < 4.78 is 0.870. The number of anilines is 1. The number of pyridine rings is 1. The van der Waals surface area contributed by atoms with Crippen LogP contribution < -0.4 is 5.32 Å². The molecule has 138 valence electrons. The average Bonchev–Trinajstić information content (AvgIpc) is 2.63. The molecule has 2 unspecified atom stereocenters. The van der Waals surface area contributed by atoms with Crippen LogP contribution in [0, 0.1) is 5.92 Å². The van der Waals surface area contributed by atoms with Gasteiger partial charge in [-0.25, -0.2) is 4.98 Å². The first-order valence-corrected chi connectivity index (χ1v) is 10.7. The molecule has 7 heteroatoms. The number of nitrogens with one attached hydrogen (secondary N) is 1. The van der Waals surface area contributed by atoms with Crippen LogP contribution in [0.25, 0.3) is 0 Å². The Hall–Kier alpha value is -1.08. The average molecular weight is 428 g/mol. The predicted molar refractivity (Wildman–Crippen MR) is 107 cm³/mol. The fraction of sp³-hybridized carbons (Fsp3) is 0.611. The third-order valence-corrected chi connectivity index (χ3v) is 5.99. The zero-order valence-corrected chi connectivity index (χ0v) is 17.2. The van der Waals surface area contributed by atoms with Gasteiger partial charge in [-0.2, -0.15) is 0 Å². The topological polar surface area (TPSA) is 62.3 Å². The second kappa shape index (κ2) is 10.2.